The topological polar surface area (TPSA) is 88.2 Å². The van der Waals surface area contributed by atoms with Gasteiger partial charge in [0.1, 0.15) is 0 Å². The molecule has 0 aliphatic carbocycles. The predicted octanol–water partition coefficient (Wildman–Crippen LogP) is 4.03. The summed E-state index contributed by atoms with van der Waals surface area (Å²) >= 11 is 5.89. The number of amides is 1. The quantitative estimate of drug-likeness (QED) is 0.636. The van der Waals surface area contributed by atoms with E-state index < -0.39 is 10.0 Å². The number of benzene rings is 2. The standard InChI is InChI=1S/C20H18ClN3O3S/c1-14(16-6-4-10-22-13-16)23-20(25)15-5-2-9-19(11-15)28(26,27)24-18-8-3-7-17(21)12-18/h2-14,24H,1H3,(H,23,25). The number of sulfonamides is 1. The molecule has 2 aromatic carbocycles. The van der Waals surface area contributed by atoms with Crippen molar-refractivity contribution < 1.29 is 13.2 Å². The molecule has 1 heterocycles. The van der Waals surface area contributed by atoms with Crippen molar-refractivity contribution in [1.82, 2.24) is 10.3 Å². The molecule has 28 heavy (non-hydrogen) atoms. The maximum absolute atomic E-state index is 12.6. The molecule has 0 aliphatic heterocycles. The van der Waals surface area contributed by atoms with Crippen molar-refractivity contribution in [3.05, 3.63) is 89.2 Å². The largest absolute Gasteiger partial charge is 0.345 e. The molecule has 6 nitrogen and oxygen atoms in total. The van der Waals surface area contributed by atoms with Gasteiger partial charge in [0.2, 0.25) is 0 Å². The first-order valence-corrected chi connectivity index (χ1v) is 10.3. The average Bonchev–Trinajstić information content (AvgIpc) is 2.68. The monoisotopic (exact) mass is 415 g/mol. The molecule has 0 radical (unpaired) electrons. The number of halogens is 1. The molecule has 1 amide bonds. The van der Waals surface area contributed by atoms with Gasteiger partial charge in [-0.1, -0.05) is 29.8 Å². The first-order chi connectivity index (χ1) is 13.3. The van der Waals surface area contributed by atoms with Crippen LogP contribution in [0.5, 0.6) is 0 Å². The summed E-state index contributed by atoms with van der Waals surface area (Å²) in [7, 11) is -3.87. The number of pyridine rings is 1. The van der Waals surface area contributed by atoms with Gasteiger partial charge in [-0.3, -0.25) is 14.5 Å². The number of carbonyl (C=O) groups excluding carboxylic acids is 1. The molecule has 3 rings (SSSR count). The third-order valence-corrected chi connectivity index (χ3v) is 5.63. The van der Waals surface area contributed by atoms with E-state index in [0.29, 0.717) is 10.7 Å². The van der Waals surface area contributed by atoms with E-state index in [2.05, 4.69) is 15.0 Å². The summed E-state index contributed by atoms with van der Waals surface area (Å²) in [5.74, 6) is -0.379. The van der Waals surface area contributed by atoms with Crippen LogP contribution in [0.15, 0.2) is 78.0 Å². The molecule has 0 aliphatic rings. The van der Waals surface area contributed by atoms with Gasteiger partial charge in [0, 0.05) is 23.0 Å². The predicted molar refractivity (Wildman–Crippen MR) is 109 cm³/mol. The average molecular weight is 416 g/mol. The van der Waals surface area contributed by atoms with E-state index in [1.807, 2.05) is 13.0 Å². The minimum Gasteiger partial charge on any atom is -0.345 e. The van der Waals surface area contributed by atoms with Crippen LogP contribution < -0.4 is 10.0 Å². The zero-order valence-electron chi connectivity index (χ0n) is 15.0. The molecule has 3 aromatic rings. The summed E-state index contributed by atoms with van der Waals surface area (Å²) < 4.78 is 27.7. The SMILES string of the molecule is CC(NC(=O)c1cccc(S(=O)(=O)Nc2cccc(Cl)c2)c1)c1cccnc1. The van der Waals surface area contributed by atoms with Gasteiger partial charge in [0.05, 0.1) is 16.6 Å². The summed E-state index contributed by atoms with van der Waals surface area (Å²) in [4.78, 5) is 16.6. The van der Waals surface area contributed by atoms with Crippen LogP contribution >= 0.6 is 11.6 Å². The lowest BCUT2D eigenvalue weighted by Gasteiger charge is -2.14. The maximum atomic E-state index is 12.6. The summed E-state index contributed by atoms with van der Waals surface area (Å²) in [6.07, 6.45) is 3.32. The van der Waals surface area contributed by atoms with Crippen molar-refractivity contribution in [1.29, 1.82) is 0 Å². The van der Waals surface area contributed by atoms with E-state index in [0.717, 1.165) is 5.56 Å². The molecule has 2 N–H and O–H groups in total. The van der Waals surface area contributed by atoms with Gasteiger partial charge >= 0.3 is 0 Å². The lowest BCUT2D eigenvalue weighted by molar-refractivity contribution is 0.0939. The maximum Gasteiger partial charge on any atom is 0.261 e. The van der Waals surface area contributed by atoms with E-state index in [9.17, 15) is 13.2 Å². The van der Waals surface area contributed by atoms with Crippen LogP contribution in [0, 0.1) is 0 Å². The number of hydrogen-bond donors (Lipinski definition) is 2. The smallest absolute Gasteiger partial charge is 0.261 e. The van der Waals surface area contributed by atoms with Crippen molar-refractivity contribution >= 4 is 33.2 Å². The highest BCUT2D eigenvalue weighted by Gasteiger charge is 2.18. The summed E-state index contributed by atoms with van der Waals surface area (Å²) in [5, 5.41) is 3.25. The van der Waals surface area contributed by atoms with Crippen LogP contribution in [0.1, 0.15) is 28.9 Å². The van der Waals surface area contributed by atoms with Crippen LogP contribution in [0.4, 0.5) is 5.69 Å². The molecular formula is C20H18ClN3O3S. The fourth-order valence-electron chi connectivity index (χ4n) is 2.57. The van der Waals surface area contributed by atoms with Crippen molar-refractivity contribution in [2.24, 2.45) is 0 Å². The van der Waals surface area contributed by atoms with E-state index in [1.165, 1.54) is 24.3 Å². The number of anilines is 1. The van der Waals surface area contributed by atoms with E-state index in [1.54, 1.807) is 42.7 Å². The molecule has 8 heteroatoms. The first kappa shape index (κ1) is 19.9. The number of rotatable bonds is 6. The summed E-state index contributed by atoms with van der Waals surface area (Å²) in [6.45, 7) is 1.83. The highest BCUT2D eigenvalue weighted by Crippen LogP contribution is 2.20. The highest BCUT2D eigenvalue weighted by atomic mass is 35.5. The number of nitrogens with one attached hydrogen (secondary N) is 2. The van der Waals surface area contributed by atoms with Crippen LogP contribution in [-0.2, 0) is 10.0 Å². The number of nitrogens with zero attached hydrogens (tertiary/aromatic N) is 1. The number of hydrogen-bond acceptors (Lipinski definition) is 4. The zero-order chi connectivity index (χ0) is 20.1. The molecule has 0 saturated carbocycles. The Labute approximate surface area is 168 Å². The highest BCUT2D eigenvalue weighted by molar-refractivity contribution is 7.92. The normalized spacial score (nSPS) is 12.2. The third kappa shape index (κ3) is 4.88. The Hall–Kier alpha value is -2.90. The van der Waals surface area contributed by atoms with Crippen LogP contribution in [0.25, 0.3) is 0 Å². The molecule has 0 saturated heterocycles. The number of carbonyl (C=O) groups is 1. The van der Waals surface area contributed by atoms with Crippen molar-refractivity contribution in [3.63, 3.8) is 0 Å². The first-order valence-electron chi connectivity index (χ1n) is 8.44. The second-order valence-corrected chi connectivity index (χ2v) is 8.24. The van der Waals surface area contributed by atoms with Gasteiger partial charge in [-0.2, -0.15) is 0 Å². The molecule has 0 fully saturated rings. The third-order valence-electron chi connectivity index (χ3n) is 4.02. The van der Waals surface area contributed by atoms with Crippen molar-refractivity contribution in [2.75, 3.05) is 4.72 Å². The number of aromatic nitrogens is 1. The van der Waals surface area contributed by atoms with Crippen LogP contribution in [0.2, 0.25) is 5.02 Å². The fraction of sp³-hybridized carbons (Fsp3) is 0.100. The van der Waals surface area contributed by atoms with Gasteiger partial charge in [-0.05, 0) is 55.0 Å². The Balaban J connectivity index is 1.78. The Bertz CT molecular complexity index is 1090. The Morgan fingerprint density at radius 2 is 1.86 bits per heavy atom. The van der Waals surface area contributed by atoms with Crippen LogP contribution in [0.3, 0.4) is 0 Å². The van der Waals surface area contributed by atoms with E-state index in [4.69, 9.17) is 11.6 Å². The van der Waals surface area contributed by atoms with Gasteiger partial charge in [0.15, 0.2) is 0 Å². The van der Waals surface area contributed by atoms with Crippen molar-refractivity contribution in [3.8, 4) is 0 Å². The van der Waals surface area contributed by atoms with Gasteiger partial charge in [-0.25, -0.2) is 8.42 Å². The molecule has 1 atom stereocenters. The van der Waals surface area contributed by atoms with E-state index >= 15 is 0 Å². The summed E-state index contributed by atoms with van der Waals surface area (Å²) in [5.41, 5.74) is 1.43. The fourth-order valence-corrected chi connectivity index (χ4v) is 3.85. The molecule has 1 unspecified atom stereocenters. The van der Waals surface area contributed by atoms with Crippen molar-refractivity contribution in [2.45, 2.75) is 17.9 Å². The zero-order valence-corrected chi connectivity index (χ0v) is 16.5. The van der Waals surface area contributed by atoms with Gasteiger partial charge < -0.3 is 5.32 Å². The minimum atomic E-state index is -3.87. The second kappa shape index (κ2) is 8.41. The Morgan fingerprint density at radius 1 is 1.07 bits per heavy atom. The molecule has 0 bridgehead atoms. The minimum absolute atomic E-state index is 0.0193. The Kier molecular flexibility index (Phi) is 5.96. The van der Waals surface area contributed by atoms with Gasteiger partial charge in [-0.15, -0.1) is 0 Å². The van der Waals surface area contributed by atoms with Crippen LogP contribution in [-0.4, -0.2) is 19.3 Å². The van der Waals surface area contributed by atoms with Gasteiger partial charge in [0.25, 0.3) is 15.9 Å². The lowest BCUT2D eigenvalue weighted by atomic mass is 10.1. The molecule has 0 spiro atoms. The molecule has 144 valence electrons. The van der Waals surface area contributed by atoms with E-state index in [-0.39, 0.29) is 22.4 Å². The second-order valence-electron chi connectivity index (χ2n) is 6.13. The molecule has 1 aromatic heterocycles. The Morgan fingerprint density at radius 3 is 2.57 bits per heavy atom. The lowest BCUT2D eigenvalue weighted by Crippen LogP contribution is -2.27. The summed E-state index contributed by atoms with van der Waals surface area (Å²) in [6, 6.07) is 15.6. The molecular weight excluding hydrogens is 398 g/mol.